The van der Waals surface area contributed by atoms with Crippen molar-refractivity contribution in [3.05, 3.63) is 76.2 Å². The maximum atomic E-state index is 13.3. The number of pyridine rings is 1. The Kier molecular flexibility index (Phi) is 4.11. The summed E-state index contributed by atoms with van der Waals surface area (Å²) in [6.45, 7) is 0. The second-order valence-electron chi connectivity index (χ2n) is 7.60. The van der Waals surface area contributed by atoms with Crippen molar-refractivity contribution < 1.29 is 4.74 Å². The van der Waals surface area contributed by atoms with Gasteiger partial charge in [0.15, 0.2) is 0 Å². The van der Waals surface area contributed by atoms with E-state index in [2.05, 4.69) is 22.4 Å². The molecule has 152 valence electrons. The summed E-state index contributed by atoms with van der Waals surface area (Å²) in [5.74, 6) is 0.811. The highest BCUT2D eigenvalue weighted by Gasteiger charge is 2.25. The number of fused-ring (bicyclic) bond motifs is 4. The molecule has 0 saturated heterocycles. The number of rotatable bonds is 3. The van der Waals surface area contributed by atoms with Crippen molar-refractivity contribution in [1.82, 2.24) is 20.0 Å². The molecule has 0 unspecified atom stereocenters. The summed E-state index contributed by atoms with van der Waals surface area (Å²) < 4.78 is 7.28. The number of methoxy groups -OCH3 is 1. The number of para-hydroxylation sites is 1. The van der Waals surface area contributed by atoms with E-state index in [-0.39, 0.29) is 5.56 Å². The zero-order valence-electron chi connectivity index (χ0n) is 16.8. The standard InChI is InChI=1S/C24H18N4O2S/c1-30-16-12-10-14(11-13-16)19-17-8-5-9-18(17)25-23-20(19)21-22(31-23)24(29)28(27-26-21)15-6-3-2-4-7-15/h2-4,6-7,10-13H,5,8-9H2,1H3. The Morgan fingerprint density at radius 1 is 1.03 bits per heavy atom. The minimum atomic E-state index is -0.167. The van der Waals surface area contributed by atoms with Gasteiger partial charge in [-0.15, -0.1) is 16.4 Å². The van der Waals surface area contributed by atoms with E-state index in [1.165, 1.54) is 21.6 Å². The van der Waals surface area contributed by atoms with Gasteiger partial charge in [0.05, 0.1) is 12.8 Å². The molecule has 0 fully saturated rings. The number of hydrogen-bond donors (Lipinski definition) is 0. The molecule has 0 spiro atoms. The SMILES string of the molecule is COc1ccc(-c2c3c(nc4sc5c(=O)n(-c6ccccc6)nnc5c24)CCC3)cc1. The molecule has 6 rings (SSSR count). The van der Waals surface area contributed by atoms with Crippen LogP contribution in [0.3, 0.4) is 0 Å². The van der Waals surface area contributed by atoms with Crippen LogP contribution in [0.1, 0.15) is 17.7 Å². The quantitative estimate of drug-likeness (QED) is 0.423. The van der Waals surface area contributed by atoms with Crippen molar-refractivity contribution in [2.45, 2.75) is 19.3 Å². The highest BCUT2D eigenvalue weighted by molar-refractivity contribution is 7.25. The third kappa shape index (κ3) is 2.77. The molecule has 3 aromatic heterocycles. The van der Waals surface area contributed by atoms with E-state index in [9.17, 15) is 4.79 Å². The molecule has 0 amide bonds. The van der Waals surface area contributed by atoms with Crippen LogP contribution in [-0.4, -0.2) is 27.1 Å². The summed E-state index contributed by atoms with van der Waals surface area (Å²) in [6, 6.07) is 17.4. The van der Waals surface area contributed by atoms with Crippen molar-refractivity contribution in [2.75, 3.05) is 7.11 Å². The largest absolute Gasteiger partial charge is 0.497 e. The maximum absolute atomic E-state index is 13.3. The van der Waals surface area contributed by atoms with Gasteiger partial charge >= 0.3 is 0 Å². The number of aryl methyl sites for hydroxylation is 1. The number of hydrogen-bond acceptors (Lipinski definition) is 6. The van der Waals surface area contributed by atoms with Crippen molar-refractivity contribution in [2.24, 2.45) is 0 Å². The number of thiophene rings is 1. The molecule has 6 nitrogen and oxygen atoms in total. The first-order chi connectivity index (χ1) is 15.2. The zero-order valence-corrected chi connectivity index (χ0v) is 17.6. The summed E-state index contributed by atoms with van der Waals surface area (Å²) in [5, 5.41) is 9.70. The number of benzene rings is 2. The lowest BCUT2D eigenvalue weighted by atomic mass is 9.96. The first-order valence-electron chi connectivity index (χ1n) is 10.2. The third-order valence-corrected chi connectivity index (χ3v) is 6.90. The van der Waals surface area contributed by atoms with Crippen molar-refractivity contribution >= 4 is 31.8 Å². The van der Waals surface area contributed by atoms with E-state index in [4.69, 9.17) is 9.72 Å². The second-order valence-corrected chi connectivity index (χ2v) is 8.60. The lowest BCUT2D eigenvalue weighted by molar-refractivity contribution is 0.415. The van der Waals surface area contributed by atoms with Crippen LogP contribution in [0.15, 0.2) is 59.4 Å². The number of nitrogens with zero attached hydrogens (tertiary/aromatic N) is 4. The fourth-order valence-corrected chi connectivity index (χ4v) is 5.45. The zero-order chi connectivity index (χ0) is 20.9. The van der Waals surface area contributed by atoms with Gasteiger partial charge < -0.3 is 4.74 Å². The Balaban J connectivity index is 1.68. The molecule has 3 heterocycles. The third-order valence-electron chi connectivity index (χ3n) is 5.84. The summed E-state index contributed by atoms with van der Waals surface area (Å²) in [5.41, 5.74) is 5.75. The van der Waals surface area contributed by atoms with Gasteiger partial charge in [0.1, 0.15) is 20.8 Å². The minimum absolute atomic E-state index is 0.167. The predicted molar refractivity (Wildman–Crippen MR) is 122 cm³/mol. The average molecular weight is 427 g/mol. The fourth-order valence-electron chi connectivity index (χ4n) is 4.39. The Hall–Kier alpha value is -3.58. The highest BCUT2D eigenvalue weighted by Crippen LogP contribution is 2.42. The van der Waals surface area contributed by atoms with Crippen LogP contribution in [0.2, 0.25) is 0 Å². The maximum Gasteiger partial charge on any atom is 0.292 e. The number of aromatic nitrogens is 4. The molecule has 0 N–H and O–H groups in total. The molecule has 5 aromatic rings. The monoisotopic (exact) mass is 426 g/mol. The van der Waals surface area contributed by atoms with Crippen LogP contribution in [0.25, 0.3) is 37.2 Å². The Morgan fingerprint density at radius 2 is 1.84 bits per heavy atom. The molecule has 31 heavy (non-hydrogen) atoms. The molecule has 1 aliphatic rings. The molecule has 1 aliphatic carbocycles. The summed E-state index contributed by atoms with van der Waals surface area (Å²) >= 11 is 1.41. The lowest BCUT2D eigenvalue weighted by Crippen LogP contribution is -2.21. The van der Waals surface area contributed by atoms with Crippen molar-refractivity contribution in [1.29, 1.82) is 0 Å². The van der Waals surface area contributed by atoms with Crippen molar-refractivity contribution in [3.8, 4) is 22.6 Å². The van der Waals surface area contributed by atoms with E-state index in [0.29, 0.717) is 15.9 Å². The van der Waals surface area contributed by atoms with Gasteiger partial charge in [-0.3, -0.25) is 4.79 Å². The molecule has 0 aliphatic heterocycles. The fraction of sp³-hybridized carbons (Fsp3) is 0.167. The molecule has 0 atom stereocenters. The lowest BCUT2D eigenvalue weighted by Gasteiger charge is -2.11. The van der Waals surface area contributed by atoms with Gasteiger partial charge in [0, 0.05) is 11.1 Å². The van der Waals surface area contributed by atoms with Crippen LogP contribution in [0, 0.1) is 0 Å². The predicted octanol–water partition coefficient (Wildman–Crippen LogP) is 4.55. The Labute approximate surface area is 181 Å². The topological polar surface area (TPSA) is 69.9 Å². The van der Waals surface area contributed by atoms with Crippen molar-refractivity contribution in [3.63, 3.8) is 0 Å². The van der Waals surface area contributed by atoms with Crippen LogP contribution in [0.5, 0.6) is 5.75 Å². The van der Waals surface area contributed by atoms with Crippen LogP contribution >= 0.6 is 11.3 Å². The molecule has 0 bridgehead atoms. The van der Waals surface area contributed by atoms with E-state index < -0.39 is 0 Å². The van der Waals surface area contributed by atoms with Crippen LogP contribution < -0.4 is 10.3 Å². The second kappa shape index (κ2) is 6.99. The first-order valence-corrected chi connectivity index (χ1v) is 11.0. The van der Waals surface area contributed by atoms with Gasteiger partial charge in [-0.2, -0.15) is 4.68 Å². The minimum Gasteiger partial charge on any atom is -0.497 e. The van der Waals surface area contributed by atoms with E-state index in [0.717, 1.165) is 52.0 Å². The summed E-state index contributed by atoms with van der Waals surface area (Å²) in [7, 11) is 1.66. The molecule has 0 radical (unpaired) electrons. The Bertz CT molecular complexity index is 1500. The van der Waals surface area contributed by atoms with Crippen LogP contribution in [-0.2, 0) is 12.8 Å². The summed E-state index contributed by atoms with van der Waals surface area (Å²) in [6.07, 6.45) is 3.03. The van der Waals surface area contributed by atoms with E-state index >= 15 is 0 Å². The Morgan fingerprint density at radius 3 is 2.61 bits per heavy atom. The smallest absolute Gasteiger partial charge is 0.292 e. The van der Waals surface area contributed by atoms with E-state index in [1.807, 2.05) is 42.5 Å². The van der Waals surface area contributed by atoms with Gasteiger partial charge in [0.2, 0.25) is 0 Å². The molecular formula is C24H18N4O2S. The van der Waals surface area contributed by atoms with Gasteiger partial charge in [0.25, 0.3) is 5.56 Å². The normalized spacial score (nSPS) is 13.1. The van der Waals surface area contributed by atoms with E-state index in [1.54, 1.807) is 7.11 Å². The average Bonchev–Trinajstić information content (AvgIpc) is 3.43. The number of ether oxygens (including phenoxy) is 1. The molecule has 7 heteroatoms. The highest BCUT2D eigenvalue weighted by atomic mass is 32.1. The molecular weight excluding hydrogens is 408 g/mol. The van der Waals surface area contributed by atoms with Gasteiger partial charge in [-0.1, -0.05) is 35.5 Å². The summed E-state index contributed by atoms with van der Waals surface area (Å²) in [4.78, 5) is 19.1. The molecule has 0 saturated carbocycles. The molecule has 2 aromatic carbocycles. The van der Waals surface area contributed by atoms with Gasteiger partial charge in [-0.05, 0) is 60.2 Å². The first kappa shape index (κ1) is 18.2. The van der Waals surface area contributed by atoms with Crippen LogP contribution in [0.4, 0.5) is 0 Å². The van der Waals surface area contributed by atoms with Gasteiger partial charge in [-0.25, -0.2) is 4.98 Å².